The SMILES string of the molecule is CCCC(CCC=O)C1(C)CC1C. The Morgan fingerprint density at radius 1 is 1.54 bits per heavy atom. The lowest BCUT2D eigenvalue weighted by atomic mass is 9.82. The minimum atomic E-state index is 0.568. The van der Waals surface area contributed by atoms with Gasteiger partial charge in [-0.05, 0) is 30.1 Å². The van der Waals surface area contributed by atoms with Gasteiger partial charge >= 0.3 is 0 Å². The van der Waals surface area contributed by atoms with Crippen LogP contribution in [0, 0.1) is 17.3 Å². The first-order chi connectivity index (χ1) is 6.15. The lowest BCUT2D eigenvalue weighted by molar-refractivity contribution is -0.108. The van der Waals surface area contributed by atoms with E-state index in [1.165, 1.54) is 19.3 Å². The van der Waals surface area contributed by atoms with Crippen LogP contribution in [0.5, 0.6) is 0 Å². The third-order valence-electron chi connectivity index (χ3n) is 3.91. The minimum absolute atomic E-state index is 0.568. The summed E-state index contributed by atoms with van der Waals surface area (Å²) in [4.78, 5) is 10.3. The van der Waals surface area contributed by atoms with Gasteiger partial charge in [0, 0.05) is 6.42 Å². The summed E-state index contributed by atoms with van der Waals surface area (Å²) in [5.41, 5.74) is 0.568. The molecule has 0 aromatic heterocycles. The number of carbonyl (C=O) groups is 1. The maximum Gasteiger partial charge on any atom is 0.120 e. The van der Waals surface area contributed by atoms with Gasteiger partial charge in [-0.1, -0.05) is 33.6 Å². The van der Waals surface area contributed by atoms with Gasteiger partial charge in [0.2, 0.25) is 0 Å². The van der Waals surface area contributed by atoms with Crippen LogP contribution in [0.25, 0.3) is 0 Å². The molecule has 1 heteroatoms. The zero-order valence-electron chi connectivity index (χ0n) is 9.18. The fourth-order valence-electron chi connectivity index (χ4n) is 2.59. The third kappa shape index (κ3) is 2.32. The van der Waals surface area contributed by atoms with Crippen molar-refractivity contribution in [2.75, 3.05) is 0 Å². The largest absolute Gasteiger partial charge is 0.303 e. The van der Waals surface area contributed by atoms with E-state index >= 15 is 0 Å². The molecule has 76 valence electrons. The molecule has 3 unspecified atom stereocenters. The van der Waals surface area contributed by atoms with Gasteiger partial charge in [-0.15, -0.1) is 0 Å². The predicted molar refractivity (Wildman–Crippen MR) is 55.6 cm³/mol. The average Bonchev–Trinajstić information content (AvgIpc) is 2.69. The summed E-state index contributed by atoms with van der Waals surface area (Å²) in [5.74, 6) is 1.67. The van der Waals surface area contributed by atoms with E-state index in [9.17, 15) is 4.79 Å². The van der Waals surface area contributed by atoms with Crippen LogP contribution >= 0.6 is 0 Å². The highest BCUT2D eigenvalue weighted by atomic mass is 16.1. The van der Waals surface area contributed by atoms with Crippen molar-refractivity contribution < 1.29 is 4.79 Å². The number of carbonyl (C=O) groups excluding carboxylic acids is 1. The van der Waals surface area contributed by atoms with E-state index in [2.05, 4.69) is 20.8 Å². The monoisotopic (exact) mass is 182 g/mol. The molecule has 0 heterocycles. The summed E-state index contributed by atoms with van der Waals surface area (Å²) < 4.78 is 0. The molecule has 0 N–H and O–H groups in total. The van der Waals surface area contributed by atoms with E-state index in [0.717, 1.165) is 31.0 Å². The number of rotatable bonds is 6. The molecule has 1 aliphatic rings. The molecule has 1 aliphatic carbocycles. The summed E-state index contributed by atoms with van der Waals surface area (Å²) in [7, 11) is 0. The number of aldehydes is 1. The maximum absolute atomic E-state index is 10.3. The van der Waals surface area contributed by atoms with Crippen molar-refractivity contribution in [2.45, 2.75) is 52.9 Å². The smallest absolute Gasteiger partial charge is 0.120 e. The third-order valence-corrected chi connectivity index (χ3v) is 3.91. The Bertz CT molecular complexity index is 176. The van der Waals surface area contributed by atoms with Crippen LogP contribution in [-0.4, -0.2) is 6.29 Å². The first-order valence-electron chi connectivity index (χ1n) is 5.58. The molecule has 0 spiro atoms. The predicted octanol–water partition coefficient (Wildman–Crippen LogP) is 3.43. The topological polar surface area (TPSA) is 17.1 Å². The zero-order valence-corrected chi connectivity index (χ0v) is 9.18. The van der Waals surface area contributed by atoms with E-state index in [1.807, 2.05) is 0 Å². The van der Waals surface area contributed by atoms with Gasteiger partial charge < -0.3 is 4.79 Å². The van der Waals surface area contributed by atoms with E-state index in [0.29, 0.717) is 5.41 Å². The van der Waals surface area contributed by atoms with Crippen LogP contribution in [0.1, 0.15) is 52.9 Å². The molecule has 13 heavy (non-hydrogen) atoms. The van der Waals surface area contributed by atoms with Crippen molar-refractivity contribution in [3.8, 4) is 0 Å². The summed E-state index contributed by atoms with van der Waals surface area (Å²) in [6, 6.07) is 0. The Labute approximate surface area is 81.9 Å². The van der Waals surface area contributed by atoms with Crippen molar-refractivity contribution in [1.29, 1.82) is 0 Å². The van der Waals surface area contributed by atoms with E-state index in [-0.39, 0.29) is 0 Å². The number of hydrogen-bond acceptors (Lipinski definition) is 1. The first kappa shape index (κ1) is 10.7. The summed E-state index contributed by atoms with van der Waals surface area (Å²) in [5, 5.41) is 0. The maximum atomic E-state index is 10.3. The molecule has 1 nitrogen and oxygen atoms in total. The van der Waals surface area contributed by atoms with Gasteiger partial charge in [0.1, 0.15) is 6.29 Å². The molecule has 0 bridgehead atoms. The number of hydrogen-bond donors (Lipinski definition) is 0. The van der Waals surface area contributed by atoms with Crippen molar-refractivity contribution in [2.24, 2.45) is 17.3 Å². The normalized spacial score (nSPS) is 34.2. The van der Waals surface area contributed by atoms with Gasteiger partial charge in [0.25, 0.3) is 0 Å². The lowest BCUT2D eigenvalue weighted by Gasteiger charge is -2.23. The second-order valence-corrected chi connectivity index (χ2v) is 4.84. The summed E-state index contributed by atoms with van der Waals surface area (Å²) in [6.45, 7) is 6.97. The molecule has 0 saturated heterocycles. The standard InChI is InChI=1S/C12H22O/c1-4-6-11(7-5-8-13)12(3)9-10(12)2/h8,10-11H,4-7,9H2,1-3H3. The second-order valence-electron chi connectivity index (χ2n) is 4.84. The van der Waals surface area contributed by atoms with Crippen molar-refractivity contribution in [3.63, 3.8) is 0 Å². The van der Waals surface area contributed by atoms with E-state index in [4.69, 9.17) is 0 Å². The van der Waals surface area contributed by atoms with Crippen LogP contribution in [0.2, 0.25) is 0 Å². The molecule has 1 fully saturated rings. The highest BCUT2D eigenvalue weighted by Gasteiger charge is 2.50. The van der Waals surface area contributed by atoms with Crippen LogP contribution in [0.4, 0.5) is 0 Å². The molecule has 1 saturated carbocycles. The molecule has 0 aromatic carbocycles. The molecule has 0 aromatic rings. The molecule has 1 rings (SSSR count). The summed E-state index contributed by atoms with van der Waals surface area (Å²) in [6.07, 6.45) is 6.86. The quantitative estimate of drug-likeness (QED) is 0.575. The Kier molecular flexibility index (Phi) is 3.52. The van der Waals surface area contributed by atoms with Crippen LogP contribution in [0.15, 0.2) is 0 Å². The first-order valence-corrected chi connectivity index (χ1v) is 5.58. The molecular formula is C12H22O. The average molecular weight is 182 g/mol. The minimum Gasteiger partial charge on any atom is -0.303 e. The van der Waals surface area contributed by atoms with Gasteiger partial charge in [-0.2, -0.15) is 0 Å². The lowest BCUT2D eigenvalue weighted by Crippen LogP contribution is -2.14. The van der Waals surface area contributed by atoms with E-state index < -0.39 is 0 Å². The van der Waals surface area contributed by atoms with Gasteiger partial charge in [0.15, 0.2) is 0 Å². The van der Waals surface area contributed by atoms with Crippen molar-refractivity contribution in [1.82, 2.24) is 0 Å². The van der Waals surface area contributed by atoms with Crippen LogP contribution in [-0.2, 0) is 4.79 Å². The van der Waals surface area contributed by atoms with Gasteiger partial charge in [-0.25, -0.2) is 0 Å². The molecular weight excluding hydrogens is 160 g/mol. The Morgan fingerprint density at radius 3 is 2.54 bits per heavy atom. The Morgan fingerprint density at radius 2 is 2.15 bits per heavy atom. The van der Waals surface area contributed by atoms with Crippen LogP contribution < -0.4 is 0 Å². The highest BCUT2D eigenvalue weighted by Crippen LogP contribution is 2.59. The zero-order chi connectivity index (χ0) is 9.90. The molecule has 0 radical (unpaired) electrons. The Hall–Kier alpha value is -0.330. The fraction of sp³-hybridized carbons (Fsp3) is 0.917. The van der Waals surface area contributed by atoms with Crippen molar-refractivity contribution in [3.05, 3.63) is 0 Å². The molecule has 3 atom stereocenters. The van der Waals surface area contributed by atoms with Gasteiger partial charge in [-0.3, -0.25) is 0 Å². The highest BCUT2D eigenvalue weighted by molar-refractivity contribution is 5.49. The molecule has 0 amide bonds. The second kappa shape index (κ2) is 4.26. The fourth-order valence-corrected chi connectivity index (χ4v) is 2.59. The van der Waals surface area contributed by atoms with Crippen LogP contribution in [0.3, 0.4) is 0 Å². The summed E-state index contributed by atoms with van der Waals surface area (Å²) >= 11 is 0. The van der Waals surface area contributed by atoms with Crippen molar-refractivity contribution >= 4 is 6.29 Å². The van der Waals surface area contributed by atoms with E-state index in [1.54, 1.807) is 0 Å². The van der Waals surface area contributed by atoms with Gasteiger partial charge in [0.05, 0.1) is 0 Å². The molecule has 0 aliphatic heterocycles. The Balaban J connectivity index is 2.42.